The molecular weight excluding hydrogens is 317 g/mol. The second kappa shape index (κ2) is 6.75. The molecule has 1 aromatic rings. The number of amides is 1. The predicted molar refractivity (Wildman–Crippen MR) is 85.2 cm³/mol. The fourth-order valence-corrected chi connectivity index (χ4v) is 3.35. The lowest BCUT2D eigenvalue weighted by atomic mass is 10.0. The number of nitrogens with zero attached hydrogens (tertiary/aromatic N) is 2. The van der Waals surface area contributed by atoms with E-state index in [-0.39, 0.29) is 17.9 Å². The van der Waals surface area contributed by atoms with Crippen LogP contribution in [-0.2, 0) is 17.5 Å². The summed E-state index contributed by atoms with van der Waals surface area (Å²) in [5.41, 5.74) is 0.261. The largest absolute Gasteiger partial charge is 0.416 e. The third-order valence-electron chi connectivity index (χ3n) is 4.99. The summed E-state index contributed by atoms with van der Waals surface area (Å²) in [5.74, 6) is 0.469. The normalized spacial score (nSPS) is 22.4. The number of likely N-dealkylation sites (N-methyl/N-ethyl adjacent to an activating group) is 1. The van der Waals surface area contributed by atoms with E-state index in [1.165, 1.54) is 0 Å². The number of hydrogen-bond donors (Lipinski definition) is 0. The summed E-state index contributed by atoms with van der Waals surface area (Å²) in [6.45, 7) is 2.33. The van der Waals surface area contributed by atoms with E-state index in [4.69, 9.17) is 0 Å². The smallest absolute Gasteiger partial charge is 0.341 e. The molecule has 2 aliphatic rings. The van der Waals surface area contributed by atoms with Crippen molar-refractivity contribution in [3.8, 4) is 0 Å². The Bertz CT molecular complexity index is 581. The van der Waals surface area contributed by atoms with E-state index in [0.29, 0.717) is 6.54 Å². The van der Waals surface area contributed by atoms with Gasteiger partial charge in [0.15, 0.2) is 0 Å². The second-order valence-electron chi connectivity index (χ2n) is 6.95. The minimum atomic E-state index is -4.29. The molecule has 1 aromatic carbocycles. The van der Waals surface area contributed by atoms with E-state index in [1.807, 2.05) is 11.9 Å². The number of carbonyl (C=O) groups is 1. The van der Waals surface area contributed by atoms with Crippen molar-refractivity contribution in [3.63, 3.8) is 0 Å². The lowest BCUT2D eigenvalue weighted by Gasteiger charge is -2.37. The Morgan fingerprint density at radius 3 is 2.46 bits per heavy atom. The number of hydrogen-bond acceptors (Lipinski definition) is 2. The molecule has 0 bridgehead atoms. The Balaban J connectivity index is 1.58. The van der Waals surface area contributed by atoms with Crippen molar-refractivity contribution < 1.29 is 18.0 Å². The third-order valence-corrected chi connectivity index (χ3v) is 4.99. The Morgan fingerprint density at radius 2 is 1.88 bits per heavy atom. The number of likely N-dealkylation sites (tertiary alicyclic amines) is 1. The number of piperidine rings is 1. The maximum absolute atomic E-state index is 12.6. The molecule has 1 aliphatic heterocycles. The number of carbonyl (C=O) groups excluding carboxylic acids is 1. The van der Waals surface area contributed by atoms with Crippen LogP contribution in [0.5, 0.6) is 0 Å². The van der Waals surface area contributed by atoms with Crippen LogP contribution in [0, 0.1) is 5.92 Å². The van der Waals surface area contributed by atoms with Crippen LogP contribution in [0.25, 0.3) is 0 Å². The van der Waals surface area contributed by atoms with Gasteiger partial charge in [-0.1, -0.05) is 12.1 Å². The molecule has 132 valence electrons. The van der Waals surface area contributed by atoms with Crippen LogP contribution < -0.4 is 0 Å². The standard InChI is InChI=1S/C18H23F3N2O/c1-22(17(24)14-6-7-14)16-3-2-10-23(12-16)11-13-4-8-15(9-5-13)18(19,20)21/h4-5,8-9,14,16H,2-3,6-7,10-12H2,1H3. The first-order chi connectivity index (χ1) is 11.3. The van der Waals surface area contributed by atoms with Crippen LogP contribution in [0.4, 0.5) is 13.2 Å². The molecule has 0 radical (unpaired) electrons. The zero-order valence-electron chi connectivity index (χ0n) is 13.9. The fraction of sp³-hybridized carbons (Fsp3) is 0.611. The van der Waals surface area contributed by atoms with Crippen LogP contribution in [-0.4, -0.2) is 41.9 Å². The summed E-state index contributed by atoms with van der Waals surface area (Å²) >= 11 is 0. The Morgan fingerprint density at radius 1 is 1.21 bits per heavy atom. The van der Waals surface area contributed by atoms with Gasteiger partial charge in [-0.2, -0.15) is 13.2 Å². The Hall–Kier alpha value is -1.56. The molecular formula is C18H23F3N2O. The van der Waals surface area contributed by atoms with Gasteiger partial charge in [0.25, 0.3) is 0 Å². The van der Waals surface area contributed by atoms with Gasteiger partial charge in [0.1, 0.15) is 0 Å². The first kappa shape index (κ1) is 17.3. The summed E-state index contributed by atoms with van der Waals surface area (Å²) in [7, 11) is 1.88. The first-order valence-electron chi connectivity index (χ1n) is 8.50. The highest BCUT2D eigenvalue weighted by Gasteiger charge is 2.35. The SMILES string of the molecule is CN(C(=O)C1CC1)C1CCCN(Cc2ccc(C(F)(F)F)cc2)C1. The molecule has 0 spiro atoms. The van der Waals surface area contributed by atoms with Gasteiger partial charge < -0.3 is 4.90 Å². The summed E-state index contributed by atoms with van der Waals surface area (Å²) < 4.78 is 37.8. The van der Waals surface area contributed by atoms with Crippen molar-refractivity contribution >= 4 is 5.91 Å². The summed E-state index contributed by atoms with van der Waals surface area (Å²) in [4.78, 5) is 16.3. The van der Waals surface area contributed by atoms with E-state index in [0.717, 1.165) is 56.5 Å². The van der Waals surface area contributed by atoms with Crippen LogP contribution >= 0.6 is 0 Å². The topological polar surface area (TPSA) is 23.6 Å². The van der Waals surface area contributed by atoms with Gasteiger partial charge in [0, 0.05) is 32.1 Å². The number of alkyl halides is 3. The average Bonchev–Trinajstić information content (AvgIpc) is 3.38. The molecule has 1 atom stereocenters. The molecule has 0 aromatic heterocycles. The highest BCUT2D eigenvalue weighted by molar-refractivity contribution is 5.81. The molecule has 0 N–H and O–H groups in total. The van der Waals surface area contributed by atoms with Crippen molar-refractivity contribution in [2.75, 3.05) is 20.1 Å². The average molecular weight is 340 g/mol. The molecule has 1 saturated heterocycles. The first-order valence-corrected chi connectivity index (χ1v) is 8.50. The molecule has 24 heavy (non-hydrogen) atoms. The van der Waals surface area contributed by atoms with Crippen molar-refractivity contribution in [2.24, 2.45) is 5.92 Å². The summed E-state index contributed by atoms with van der Waals surface area (Å²) in [5, 5.41) is 0. The highest BCUT2D eigenvalue weighted by Crippen LogP contribution is 2.32. The third kappa shape index (κ3) is 4.09. The van der Waals surface area contributed by atoms with Crippen molar-refractivity contribution in [3.05, 3.63) is 35.4 Å². The van der Waals surface area contributed by atoms with E-state index in [9.17, 15) is 18.0 Å². The van der Waals surface area contributed by atoms with Gasteiger partial charge in [0.2, 0.25) is 5.91 Å². The van der Waals surface area contributed by atoms with Crippen LogP contribution in [0.2, 0.25) is 0 Å². The second-order valence-corrected chi connectivity index (χ2v) is 6.95. The van der Waals surface area contributed by atoms with Gasteiger partial charge >= 0.3 is 6.18 Å². The zero-order valence-corrected chi connectivity index (χ0v) is 13.9. The monoisotopic (exact) mass is 340 g/mol. The lowest BCUT2D eigenvalue weighted by Crippen LogP contribution is -2.48. The van der Waals surface area contributed by atoms with Crippen LogP contribution in [0.3, 0.4) is 0 Å². The molecule has 2 fully saturated rings. The van der Waals surface area contributed by atoms with E-state index in [1.54, 1.807) is 12.1 Å². The van der Waals surface area contributed by atoms with E-state index < -0.39 is 11.7 Å². The van der Waals surface area contributed by atoms with E-state index in [2.05, 4.69) is 4.90 Å². The Labute approximate surface area is 140 Å². The maximum atomic E-state index is 12.6. The van der Waals surface area contributed by atoms with Crippen LogP contribution in [0.15, 0.2) is 24.3 Å². The predicted octanol–water partition coefficient (Wildman–Crippen LogP) is 3.54. The molecule has 1 amide bonds. The van der Waals surface area contributed by atoms with Crippen molar-refractivity contribution in [1.29, 1.82) is 0 Å². The van der Waals surface area contributed by atoms with E-state index >= 15 is 0 Å². The number of halogens is 3. The minimum Gasteiger partial charge on any atom is -0.341 e. The minimum absolute atomic E-state index is 0.210. The van der Waals surface area contributed by atoms with Gasteiger partial charge in [0.05, 0.1) is 5.56 Å². The highest BCUT2D eigenvalue weighted by atomic mass is 19.4. The molecule has 3 rings (SSSR count). The summed E-state index contributed by atoms with van der Waals surface area (Å²) in [6.07, 6.45) is -0.275. The number of rotatable bonds is 4. The molecule has 6 heteroatoms. The van der Waals surface area contributed by atoms with Crippen molar-refractivity contribution in [2.45, 2.75) is 44.4 Å². The molecule has 1 heterocycles. The molecule has 1 unspecified atom stereocenters. The van der Waals surface area contributed by atoms with Gasteiger partial charge in [-0.05, 0) is 49.9 Å². The van der Waals surface area contributed by atoms with Gasteiger partial charge in [-0.15, -0.1) is 0 Å². The quantitative estimate of drug-likeness (QED) is 0.837. The fourth-order valence-electron chi connectivity index (χ4n) is 3.35. The van der Waals surface area contributed by atoms with Gasteiger partial charge in [-0.25, -0.2) is 0 Å². The Kier molecular flexibility index (Phi) is 4.85. The molecule has 3 nitrogen and oxygen atoms in total. The summed E-state index contributed by atoms with van der Waals surface area (Å²) in [6, 6.07) is 5.58. The lowest BCUT2D eigenvalue weighted by molar-refractivity contribution is -0.137. The van der Waals surface area contributed by atoms with Crippen LogP contribution in [0.1, 0.15) is 36.8 Å². The zero-order chi connectivity index (χ0) is 17.3. The van der Waals surface area contributed by atoms with Crippen molar-refractivity contribution in [1.82, 2.24) is 9.80 Å². The molecule has 1 saturated carbocycles. The maximum Gasteiger partial charge on any atom is 0.416 e. The number of benzene rings is 1. The molecule has 1 aliphatic carbocycles. The van der Waals surface area contributed by atoms with Gasteiger partial charge in [-0.3, -0.25) is 9.69 Å².